The number of thiocarbonyl (C=S) groups is 1. The minimum Gasteiger partial charge on any atom is -0.359 e. The lowest BCUT2D eigenvalue weighted by atomic mass is 9.96. The number of fused-ring (bicyclic) bond motifs is 1. The van der Waals surface area contributed by atoms with Crippen molar-refractivity contribution >= 4 is 56.2 Å². The molecule has 2 amide bonds. The van der Waals surface area contributed by atoms with E-state index in [1.807, 2.05) is 18.2 Å². The zero-order valence-corrected chi connectivity index (χ0v) is 20.2. The molecule has 0 atom stereocenters. The van der Waals surface area contributed by atoms with Crippen molar-refractivity contribution in [3.8, 4) is 0 Å². The van der Waals surface area contributed by atoms with Crippen LogP contribution in [0.1, 0.15) is 32.1 Å². The first kappa shape index (κ1) is 24.0. The Hall–Kier alpha value is -3.18. The highest BCUT2D eigenvalue weighted by atomic mass is 32.2. The van der Waals surface area contributed by atoms with Gasteiger partial charge in [0, 0.05) is 11.7 Å². The van der Waals surface area contributed by atoms with Crippen LogP contribution in [0, 0.1) is 0 Å². The number of para-hydroxylation sites is 2. The third kappa shape index (κ3) is 6.03. The van der Waals surface area contributed by atoms with E-state index in [0.717, 1.165) is 31.4 Å². The van der Waals surface area contributed by atoms with E-state index in [9.17, 15) is 18.0 Å². The maximum absolute atomic E-state index is 12.7. The second kappa shape index (κ2) is 10.4. The number of hydrogen-bond donors (Lipinski definition) is 4. The Kier molecular flexibility index (Phi) is 7.32. The average Bonchev–Trinajstić information content (AvgIpc) is 2.79. The molecule has 1 fully saturated rings. The van der Waals surface area contributed by atoms with Crippen LogP contribution in [0.15, 0.2) is 53.4 Å². The smallest absolute Gasteiger partial charge is 0.263 e. The summed E-state index contributed by atoms with van der Waals surface area (Å²) in [5, 5.41) is 8.70. The van der Waals surface area contributed by atoms with Gasteiger partial charge in [-0.05, 0) is 61.5 Å². The van der Waals surface area contributed by atoms with Crippen LogP contribution in [-0.2, 0) is 19.6 Å². The molecule has 1 aliphatic carbocycles. The molecule has 9 nitrogen and oxygen atoms in total. The summed E-state index contributed by atoms with van der Waals surface area (Å²) in [5.41, 5.74) is 1.87. The van der Waals surface area contributed by atoms with Crippen molar-refractivity contribution in [3.05, 3.63) is 48.5 Å². The number of carbonyl (C=O) groups excluding carboxylic acids is 2. The van der Waals surface area contributed by atoms with E-state index < -0.39 is 10.0 Å². The van der Waals surface area contributed by atoms with E-state index in [4.69, 9.17) is 12.2 Å². The van der Waals surface area contributed by atoms with Gasteiger partial charge in [-0.3, -0.25) is 14.3 Å². The van der Waals surface area contributed by atoms with Crippen molar-refractivity contribution in [1.29, 1.82) is 0 Å². The SMILES string of the molecule is O=C(CN1CC(=O)Nc2ccccc21)Nc1ccc(S(=O)(=O)NC(=S)NC2CCCCC2)cc1. The van der Waals surface area contributed by atoms with Gasteiger partial charge >= 0.3 is 0 Å². The number of amides is 2. The second-order valence-electron chi connectivity index (χ2n) is 8.41. The lowest BCUT2D eigenvalue weighted by Gasteiger charge is -2.30. The number of hydrogen-bond acceptors (Lipinski definition) is 6. The Bertz CT molecular complexity index is 1180. The molecule has 4 rings (SSSR count). The van der Waals surface area contributed by atoms with Gasteiger partial charge < -0.3 is 20.9 Å². The molecule has 1 heterocycles. The van der Waals surface area contributed by atoms with Gasteiger partial charge in [0.2, 0.25) is 11.8 Å². The first-order valence-electron chi connectivity index (χ1n) is 11.2. The molecule has 1 saturated carbocycles. The molecule has 2 aliphatic rings. The summed E-state index contributed by atoms with van der Waals surface area (Å²) >= 11 is 5.19. The molecule has 0 unspecified atom stereocenters. The van der Waals surface area contributed by atoms with Gasteiger partial charge in [-0.1, -0.05) is 31.4 Å². The molecule has 0 spiro atoms. The molecule has 0 radical (unpaired) electrons. The number of rotatable bonds is 6. The van der Waals surface area contributed by atoms with E-state index in [1.165, 1.54) is 30.7 Å². The third-order valence-electron chi connectivity index (χ3n) is 5.80. The van der Waals surface area contributed by atoms with E-state index in [-0.39, 0.29) is 41.0 Å². The summed E-state index contributed by atoms with van der Waals surface area (Å²) in [6.45, 7) is 0.0508. The van der Waals surface area contributed by atoms with Crippen LogP contribution in [-0.4, -0.2) is 44.5 Å². The van der Waals surface area contributed by atoms with E-state index in [2.05, 4.69) is 20.7 Å². The first-order chi connectivity index (χ1) is 16.3. The Morgan fingerprint density at radius 2 is 1.76 bits per heavy atom. The summed E-state index contributed by atoms with van der Waals surface area (Å²) in [5.74, 6) is -0.513. The number of nitrogens with one attached hydrogen (secondary N) is 4. The number of anilines is 3. The lowest BCUT2D eigenvalue weighted by Crippen LogP contribution is -2.44. The molecule has 180 valence electrons. The van der Waals surface area contributed by atoms with Crippen molar-refractivity contribution in [3.63, 3.8) is 0 Å². The predicted octanol–water partition coefficient (Wildman–Crippen LogP) is 2.57. The molecule has 1 aliphatic heterocycles. The summed E-state index contributed by atoms with van der Waals surface area (Å²) in [4.78, 5) is 26.2. The third-order valence-corrected chi connectivity index (χ3v) is 7.52. The van der Waals surface area contributed by atoms with Gasteiger partial charge in [0.05, 0.1) is 29.4 Å². The standard InChI is InChI=1S/C23H27N5O4S2/c29-21(14-28-15-22(30)26-19-8-4-5-9-20(19)28)24-17-10-12-18(13-11-17)34(31,32)27-23(33)25-16-6-2-1-3-7-16/h4-5,8-13,16H,1-3,6-7,14-15H2,(H,24,29)(H,26,30)(H2,25,27,33). The lowest BCUT2D eigenvalue weighted by molar-refractivity contribution is -0.115. The number of sulfonamides is 1. The second-order valence-corrected chi connectivity index (χ2v) is 10.5. The van der Waals surface area contributed by atoms with E-state index in [0.29, 0.717) is 11.4 Å². The number of nitrogens with zero attached hydrogens (tertiary/aromatic N) is 1. The summed E-state index contributed by atoms with van der Waals surface area (Å²) in [7, 11) is -3.84. The van der Waals surface area contributed by atoms with Crippen molar-refractivity contribution < 1.29 is 18.0 Å². The van der Waals surface area contributed by atoms with Crippen LogP contribution < -0.4 is 25.6 Å². The summed E-state index contributed by atoms with van der Waals surface area (Å²) in [6.07, 6.45) is 5.36. The Morgan fingerprint density at radius 3 is 2.50 bits per heavy atom. The molecule has 4 N–H and O–H groups in total. The van der Waals surface area contributed by atoms with Gasteiger partial charge in [0.25, 0.3) is 10.0 Å². The number of carbonyl (C=O) groups is 2. The molecule has 2 aromatic carbocycles. The van der Waals surface area contributed by atoms with Crippen LogP contribution in [0.25, 0.3) is 0 Å². The van der Waals surface area contributed by atoms with Gasteiger partial charge in [0.1, 0.15) is 0 Å². The minimum absolute atomic E-state index is 0.0207. The fourth-order valence-corrected chi connectivity index (χ4v) is 5.59. The van der Waals surface area contributed by atoms with Crippen LogP contribution in [0.2, 0.25) is 0 Å². The van der Waals surface area contributed by atoms with Crippen molar-refractivity contribution in [2.75, 3.05) is 28.6 Å². The molecule has 0 bridgehead atoms. The van der Waals surface area contributed by atoms with Crippen LogP contribution in [0.3, 0.4) is 0 Å². The predicted molar refractivity (Wildman–Crippen MR) is 135 cm³/mol. The minimum atomic E-state index is -3.84. The molecule has 0 saturated heterocycles. The monoisotopic (exact) mass is 501 g/mol. The Labute approximate surface area is 204 Å². The molecule has 2 aromatic rings. The van der Waals surface area contributed by atoms with Crippen LogP contribution >= 0.6 is 12.2 Å². The van der Waals surface area contributed by atoms with E-state index in [1.54, 1.807) is 11.0 Å². The maximum Gasteiger partial charge on any atom is 0.263 e. The average molecular weight is 502 g/mol. The topological polar surface area (TPSA) is 120 Å². The highest BCUT2D eigenvalue weighted by Gasteiger charge is 2.23. The van der Waals surface area contributed by atoms with Crippen molar-refractivity contribution in [2.24, 2.45) is 0 Å². The maximum atomic E-state index is 12.7. The highest BCUT2D eigenvalue weighted by molar-refractivity contribution is 7.91. The fourth-order valence-electron chi connectivity index (χ4n) is 4.18. The van der Waals surface area contributed by atoms with Crippen LogP contribution in [0.5, 0.6) is 0 Å². The number of benzene rings is 2. The van der Waals surface area contributed by atoms with E-state index >= 15 is 0 Å². The van der Waals surface area contributed by atoms with Crippen molar-refractivity contribution in [1.82, 2.24) is 10.0 Å². The summed E-state index contributed by atoms with van der Waals surface area (Å²) < 4.78 is 27.7. The Morgan fingerprint density at radius 1 is 1.06 bits per heavy atom. The van der Waals surface area contributed by atoms with Gasteiger partial charge in [-0.25, -0.2) is 8.42 Å². The van der Waals surface area contributed by atoms with Crippen LogP contribution in [0.4, 0.5) is 17.1 Å². The van der Waals surface area contributed by atoms with Gasteiger partial charge in [0.15, 0.2) is 5.11 Å². The molecular formula is C23H27N5O4S2. The zero-order chi connectivity index (χ0) is 24.1. The summed E-state index contributed by atoms with van der Waals surface area (Å²) in [6, 6.07) is 13.3. The fraction of sp³-hybridized carbons (Fsp3) is 0.348. The largest absolute Gasteiger partial charge is 0.359 e. The molecule has 11 heteroatoms. The quantitative estimate of drug-likeness (QED) is 0.449. The molecule has 34 heavy (non-hydrogen) atoms. The van der Waals surface area contributed by atoms with Gasteiger partial charge in [-0.15, -0.1) is 0 Å². The molecular weight excluding hydrogens is 474 g/mol. The highest BCUT2D eigenvalue weighted by Crippen LogP contribution is 2.28. The van der Waals surface area contributed by atoms with Gasteiger partial charge in [-0.2, -0.15) is 0 Å². The van der Waals surface area contributed by atoms with Crippen molar-refractivity contribution in [2.45, 2.75) is 43.0 Å². The Balaban J connectivity index is 1.33. The molecule has 0 aromatic heterocycles. The zero-order valence-electron chi connectivity index (χ0n) is 18.5. The first-order valence-corrected chi connectivity index (χ1v) is 13.1. The normalized spacial score (nSPS) is 16.2.